The second kappa shape index (κ2) is 5.65. The first-order chi connectivity index (χ1) is 7.15. The molecule has 6 heteroatoms. The fourth-order valence-corrected chi connectivity index (χ4v) is 1.05. The Balaban J connectivity index is 2.67. The molecule has 0 aliphatic carbocycles. The minimum Gasteiger partial charge on any atom is -0.443 e. The summed E-state index contributed by atoms with van der Waals surface area (Å²) in [7, 11) is 0. The van der Waals surface area contributed by atoms with Crippen molar-refractivity contribution in [2.75, 3.05) is 11.7 Å². The Labute approximate surface area is 97.0 Å². The molecule has 0 spiro atoms. The normalized spacial score (nSPS) is 9.47. The molecule has 1 N–H and O–H groups in total. The summed E-state index contributed by atoms with van der Waals surface area (Å²) < 4.78 is 4.58. The summed E-state index contributed by atoms with van der Waals surface area (Å²) in [4.78, 5) is 11.1. The zero-order valence-corrected chi connectivity index (χ0v) is 9.16. The van der Waals surface area contributed by atoms with Gasteiger partial charge in [0.15, 0.2) is 0 Å². The lowest BCUT2D eigenvalue weighted by atomic mass is 10.3. The Morgan fingerprint density at radius 3 is 2.67 bits per heavy atom. The van der Waals surface area contributed by atoms with Gasteiger partial charge in [0.25, 0.3) is 0 Å². The smallest absolute Gasteiger partial charge is 0.438 e. The molecule has 0 aliphatic rings. The first-order valence-corrected chi connectivity index (χ1v) is 4.85. The van der Waals surface area contributed by atoms with Gasteiger partial charge in [0.05, 0.1) is 5.69 Å². The second-order valence-corrected chi connectivity index (χ2v) is 3.30. The van der Waals surface area contributed by atoms with Gasteiger partial charge in [-0.15, -0.1) is 0 Å². The average molecular weight is 246 g/mol. The number of rotatable bonds is 3. The van der Waals surface area contributed by atoms with Crippen LogP contribution in [0.3, 0.4) is 0 Å². The summed E-state index contributed by atoms with van der Waals surface area (Å²) in [6.45, 7) is -0.0290. The van der Waals surface area contributed by atoms with E-state index in [1.807, 2.05) is 0 Å². The van der Waals surface area contributed by atoms with Crippen LogP contribution < -0.4 is 5.06 Å². The van der Waals surface area contributed by atoms with E-state index in [0.717, 1.165) is 0 Å². The topological polar surface area (TPSA) is 49.8 Å². The van der Waals surface area contributed by atoms with Gasteiger partial charge in [0, 0.05) is 10.4 Å². The molecule has 0 aliphatic heterocycles. The summed E-state index contributed by atoms with van der Waals surface area (Å²) in [5.74, 6) is 0. The number of hydrogen-bond donors (Lipinski definition) is 1. The van der Waals surface area contributed by atoms with Crippen molar-refractivity contribution in [3.63, 3.8) is 0 Å². The number of anilines is 1. The third-order valence-corrected chi connectivity index (χ3v) is 1.91. The van der Waals surface area contributed by atoms with E-state index < -0.39 is 6.09 Å². The first kappa shape index (κ1) is 11.9. The summed E-state index contributed by atoms with van der Waals surface area (Å²) in [5, 5.41) is 11.5. The van der Waals surface area contributed by atoms with Crippen molar-refractivity contribution in [3.05, 3.63) is 29.3 Å². The largest absolute Gasteiger partial charge is 0.443 e. The number of benzene rings is 1. The molecule has 0 heterocycles. The van der Waals surface area contributed by atoms with E-state index in [1.54, 1.807) is 12.1 Å². The molecule has 15 heavy (non-hydrogen) atoms. The van der Waals surface area contributed by atoms with Crippen LogP contribution in [0.25, 0.3) is 0 Å². The van der Waals surface area contributed by atoms with Crippen molar-refractivity contribution in [1.82, 2.24) is 0 Å². The number of amides is 1. The maximum Gasteiger partial charge on any atom is 0.438 e. The number of halogens is 1. The summed E-state index contributed by atoms with van der Waals surface area (Å²) >= 11 is 10.1. The van der Waals surface area contributed by atoms with Gasteiger partial charge in [-0.05, 0) is 24.3 Å². The van der Waals surface area contributed by atoms with Crippen LogP contribution in [0.5, 0.6) is 0 Å². The molecule has 1 aromatic carbocycles. The highest BCUT2D eigenvalue weighted by Crippen LogP contribution is 2.16. The Morgan fingerprint density at radius 2 is 2.13 bits per heavy atom. The summed E-state index contributed by atoms with van der Waals surface area (Å²) in [6.07, 6.45) is -0.890. The number of carbonyl (C=O) groups excluding carboxylic acids is 1. The molecule has 80 valence electrons. The Kier molecular flexibility index (Phi) is 4.48. The molecule has 1 rings (SSSR count). The first-order valence-electron chi connectivity index (χ1n) is 4.00. The predicted octanol–water partition coefficient (Wildman–Crippen LogP) is 2.67. The maximum absolute atomic E-state index is 11.1. The van der Waals surface area contributed by atoms with Crippen LogP contribution in [0.15, 0.2) is 24.3 Å². The molecule has 0 fully saturated rings. The highest BCUT2D eigenvalue weighted by atomic mass is 35.5. The van der Waals surface area contributed by atoms with Crippen LogP contribution in [-0.4, -0.2) is 23.3 Å². The van der Waals surface area contributed by atoms with Gasteiger partial charge in [-0.2, -0.15) is 5.06 Å². The van der Waals surface area contributed by atoms with Crippen molar-refractivity contribution >= 4 is 41.0 Å². The van der Waals surface area contributed by atoms with Crippen molar-refractivity contribution < 1.29 is 14.7 Å². The number of ether oxygens (including phenoxy) is 1. The number of carbonyl (C=O) groups is 1. The minimum atomic E-state index is -0.890. The van der Waals surface area contributed by atoms with Crippen LogP contribution in [-0.2, 0) is 4.74 Å². The van der Waals surface area contributed by atoms with E-state index in [2.05, 4.69) is 17.0 Å². The van der Waals surface area contributed by atoms with Gasteiger partial charge in [0.1, 0.15) is 6.61 Å². The molecule has 1 aromatic rings. The third kappa shape index (κ3) is 3.47. The van der Waals surface area contributed by atoms with E-state index in [0.29, 0.717) is 10.1 Å². The zero-order valence-electron chi connectivity index (χ0n) is 7.59. The van der Waals surface area contributed by atoms with Gasteiger partial charge in [-0.25, -0.2) is 4.79 Å². The van der Waals surface area contributed by atoms with Crippen LogP contribution in [0.2, 0.25) is 5.02 Å². The van der Waals surface area contributed by atoms with E-state index in [1.165, 1.54) is 17.5 Å². The van der Waals surface area contributed by atoms with E-state index in [4.69, 9.17) is 11.6 Å². The van der Waals surface area contributed by atoms with Crippen LogP contribution in [0.1, 0.15) is 0 Å². The quantitative estimate of drug-likeness (QED) is 0.505. The average Bonchev–Trinajstić information content (AvgIpc) is 2.26. The number of hydroxylamine groups is 1. The highest BCUT2D eigenvalue weighted by Gasteiger charge is 2.13. The van der Waals surface area contributed by atoms with Gasteiger partial charge >= 0.3 is 6.09 Å². The van der Waals surface area contributed by atoms with E-state index in [-0.39, 0.29) is 12.3 Å². The van der Waals surface area contributed by atoms with Crippen molar-refractivity contribution in [2.45, 2.75) is 0 Å². The minimum absolute atomic E-state index is 0.0290. The fourth-order valence-electron chi connectivity index (χ4n) is 0.854. The van der Waals surface area contributed by atoms with Gasteiger partial charge < -0.3 is 4.74 Å². The van der Waals surface area contributed by atoms with Crippen molar-refractivity contribution in [2.24, 2.45) is 0 Å². The third-order valence-electron chi connectivity index (χ3n) is 1.52. The van der Waals surface area contributed by atoms with Crippen LogP contribution in [0.4, 0.5) is 10.5 Å². The fraction of sp³-hybridized carbons (Fsp3) is 0.111. The Hall–Kier alpha value is -1.17. The molecule has 0 aromatic heterocycles. The molecular weight excluding hydrogens is 238 g/mol. The monoisotopic (exact) mass is 245 g/mol. The maximum atomic E-state index is 11.1. The lowest BCUT2D eigenvalue weighted by Crippen LogP contribution is -2.28. The van der Waals surface area contributed by atoms with Crippen LogP contribution >= 0.6 is 23.8 Å². The standard InChI is InChI=1S/C9H8ClNO3S/c10-7-1-3-8(4-2-7)11(13)9(12)14-5-6-15/h1-4,6,13H,5H2. The van der Waals surface area contributed by atoms with Gasteiger partial charge in [0.2, 0.25) is 0 Å². The summed E-state index contributed by atoms with van der Waals surface area (Å²) in [6, 6.07) is 6.07. The van der Waals surface area contributed by atoms with Crippen molar-refractivity contribution in [1.29, 1.82) is 0 Å². The Bertz CT molecular complexity index is 355. The SMILES string of the molecule is O=C(OCC=S)N(O)c1ccc(Cl)cc1. The van der Waals surface area contributed by atoms with Gasteiger partial charge in [-0.1, -0.05) is 23.8 Å². The number of nitrogens with zero attached hydrogens (tertiary/aromatic N) is 1. The predicted molar refractivity (Wildman–Crippen MR) is 60.7 cm³/mol. The molecule has 0 atom stereocenters. The molecular formula is C9H8ClNO3S. The van der Waals surface area contributed by atoms with Gasteiger partial charge in [-0.3, -0.25) is 5.21 Å². The highest BCUT2D eigenvalue weighted by molar-refractivity contribution is 7.79. The molecule has 4 nitrogen and oxygen atoms in total. The van der Waals surface area contributed by atoms with Crippen molar-refractivity contribution in [3.8, 4) is 0 Å². The summed E-state index contributed by atoms with van der Waals surface area (Å²) in [5.41, 5.74) is 0.272. The molecule has 0 unspecified atom stereocenters. The number of thiocarbonyl (C=S) groups is 1. The zero-order chi connectivity index (χ0) is 11.3. The molecule has 1 amide bonds. The molecule has 0 radical (unpaired) electrons. The lowest BCUT2D eigenvalue weighted by Gasteiger charge is -2.13. The molecule has 0 saturated carbocycles. The molecule has 0 bridgehead atoms. The van der Waals surface area contributed by atoms with E-state index in [9.17, 15) is 10.0 Å². The number of hydrogen-bond acceptors (Lipinski definition) is 4. The van der Waals surface area contributed by atoms with E-state index >= 15 is 0 Å². The Morgan fingerprint density at radius 1 is 1.53 bits per heavy atom. The lowest BCUT2D eigenvalue weighted by molar-refractivity contribution is 0.134. The second-order valence-electron chi connectivity index (χ2n) is 2.53. The van der Waals surface area contributed by atoms with Crippen LogP contribution in [0, 0.1) is 0 Å². The molecule has 0 saturated heterocycles.